The maximum Gasteiger partial charge on any atom is 0.266 e. The molecule has 0 amide bonds. The Kier molecular flexibility index (Phi) is 3.29. The van der Waals surface area contributed by atoms with Crippen molar-refractivity contribution in [2.75, 3.05) is 0 Å². The molecule has 0 aliphatic carbocycles. The Balaban J connectivity index is 3.31. The Labute approximate surface area is 87.5 Å². The molecule has 0 radical (unpaired) electrons. The van der Waals surface area contributed by atoms with Crippen LogP contribution in [0, 0.1) is 10.6 Å². The second kappa shape index (κ2) is 4.08. The zero-order valence-corrected chi connectivity index (χ0v) is 8.88. The topological polar surface area (TPSA) is 30.0 Å². The third kappa shape index (κ3) is 2.20. The monoisotopic (exact) mass is 297 g/mol. The lowest BCUT2D eigenvalue weighted by Crippen LogP contribution is -2.00. The summed E-state index contributed by atoms with van der Waals surface area (Å²) < 4.78 is 25.0. The minimum Gasteiger partial charge on any atom is -0.296 e. The molecule has 5 heteroatoms. The molecule has 0 atom stereocenters. The van der Waals surface area contributed by atoms with Gasteiger partial charge in [0.1, 0.15) is 9.39 Å². The number of carbonyl (C=O) groups is 1. The number of aryl methyl sites for hydroxylation is 1. The van der Waals surface area contributed by atoms with E-state index in [-0.39, 0.29) is 15.0 Å². The highest BCUT2D eigenvalue weighted by molar-refractivity contribution is 14.1. The van der Waals surface area contributed by atoms with Crippen LogP contribution in [0.4, 0.5) is 8.78 Å². The smallest absolute Gasteiger partial charge is 0.266 e. The van der Waals surface area contributed by atoms with Crippen molar-refractivity contribution in [3.63, 3.8) is 0 Å². The van der Waals surface area contributed by atoms with Gasteiger partial charge >= 0.3 is 0 Å². The van der Waals surface area contributed by atoms with Crippen molar-refractivity contribution in [3.8, 4) is 0 Å². The highest BCUT2D eigenvalue weighted by Crippen LogP contribution is 2.26. The molecule has 0 saturated carbocycles. The second-order valence-corrected chi connectivity index (χ2v) is 3.51. The van der Waals surface area contributed by atoms with Crippen molar-refractivity contribution >= 4 is 28.9 Å². The largest absolute Gasteiger partial charge is 0.296 e. The first kappa shape index (κ1) is 10.5. The van der Waals surface area contributed by atoms with E-state index in [0.29, 0.717) is 11.8 Å². The fourth-order valence-electron chi connectivity index (χ4n) is 0.991. The minimum atomic E-state index is -2.54. The Hall–Kier alpha value is -0.590. The van der Waals surface area contributed by atoms with Gasteiger partial charge in [0.2, 0.25) is 0 Å². The van der Waals surface area contributed by atoms with Crippen LogP contribution in [0.1, 0.15) is 28.0 Å². The van der Waals surface area contributed by atoms with Crippen LogP contribution in [0.5, 0.6) is 0 Å². The molecule has 0 spiro atoms. The van der Waals surface area contributed by atoms with Crippen LogP contribution in [-0.4, -0.2) is 11.3 Å². The number of hydrogen-bond acceptors (Lipinski definition) is 2. The maximum atomic E-state index is 12.4. The molecule has 0 aliphatic rings. The molecule has 13 heavy (non-hydrogen) atoms. The molecule has 0 aliphatic heterocycles. The predicted octanol–water partition coefficient (Wildman–Crippen LogP) is 2.74. The summed E-state index contributed by atoms with van der Waals surface area (Å²) >= 11 is 1.70. The number of aldehydes is 1. The van der Waals surface area contributed by atoms with Crippen molar-refractivity contribution < 1.29 is 13.6 Å². The average Bonchev–Trinajstić information content (AvgIpc) is 2.02. The number of hydrogen-bond donors (Lipinski definition) is 0. The van der Waals surface area contributed by atoms with E-state index in [2.05, 4.69) is 4.98 Å². The molecule has 0 aromatic carbocycles. The lowest BCUT2D eigenvalue weighted by atomic mass is 10.1. The number of aromatic nitrogens is 1. The van der Waals surface area contributed by atoms with E-state index < -0.39 is 6.43 Å². The highest BCUT2D eigenvalue weighted by atomic mass is 127. The van der Waals surface area contributed by atoms with Gasteiger partial charge < -0.3 is 0 Å². The molecule has 2 nitrogen and oxygen atoms in total. The van der Waals surface area contributed by atoms with Crippen molar-refractivity contribution in [3.05, 3.63) is 26.6 Å². The lowest BCUT2D eigenvalue weighted by molar-refractivity contribution is 0.111. The van der Waals surface area contributed by atoms with Crippen LogP contribution in [0.2, 0.25) is 0 Å². The fraction of sp³-hybridized carbons (Fsp3) is 0.250. The van der Waals surface area contributed by atoms with Gasteiger partial charge in [0, 0.05) is 0 Å². The van der Waals surface area contributed by atoms with E-state index in [1.54, 1.807) is 29.5 Å². The standard InChI is InChI=1S/C8H6F2INO/c1-4-2-5(3-13)12-8(11)6(4)7(9)10/h2-3,7H,1H3. The highest BCUT2D eigenvalue weighted by Gasteiger charge is 2.16. The number of carbonyl (C=O) groups excluding carboxylic acids is 1. The molecule has 70 valence electrons. The molecular formula is C8H6F2INO. The summed E-state index contributed by atoms with van der Waals surface area (Å²) in [5, 5.41) is 0. The van der Waals surface area contributed by atoms with E-state index in [0.717, 1.165) is 0 Å². The van der Waals surface area contributed by atoms with E-state index in [9.17, 15) is 13.6 Å². The molecule has 0 saturated heterocycles. The van der Waals surface area contributed by atoms with Gasteiger partial charge in [0.25, 0.3) is 6.43 Å². The lowest BCUT2D eigenvalue weighted by Gasteiger charge is -2.06. The van der Waals surface area contributed by atoms with Gasteiger partial charge in [0.15, 0.2) is 6.29 Å². The molecule has 0 bridgehead atoms. The molecule has 0 N–H and O–H groups in total. The average molecular weight is 297 g/mol. The summed E-state index contributed by atoms with van der Waals surface area (Å²) in [5.74, 6) is 0. The minimum absolute atomic E-state index is 0.0915. The third-order valence-electron chi connectivity index (χ3n) is 1.58. The molecule has 1 heterocycles. The number of pyridine rings is 1. The van der Waals surface area contributed by atoms with Crippen molar-refractivity contribution in [2.24, 2.45) is 0 Å². The summed E-state index contributed by atoms with van der Waals surface area (Å²) in [6.45, 7) is 1.54. The first-order chi connectivity index (χ1) is 6.06. The van der Waals surface area contributed by atoms with E-state index in [1.807, 2.05) is 0 Å². The molecule has 0 fully saturated rings. The Bertz CT molecular complexity index is 318. The third-order valence-corrected chi connectivity index (χ3v) is 2.40. The molecule has 1 rings (SSSR count). The van der Waals surface area contributed by atoms with E-state index >= 15 is 0 Å². The number of rotatable bonds is 2. The normalized spacial score (nSPS) is 10.5. The van der Waals surface area contributed by atoms with Crippen LogP contribution in [0.3, 0.4) is 0 Å². The van der Waals surface area contributed by atoms with Crippen LogP contribution in [0.15, 0.2) is 6.07 Å². The SMILES string of the molecule is Cc1cc(C=O)nc(I)c1C(F)F. The van der Waals surface area contributed by atoms with E-state index in [4.69, 9.17) is 0 Å². The Morgan fingerprint density at radius 1 is 1.62 bits per heavy atom. The van der Waals surface area contributed by atoms with Crippen LogP contribution < -0.4 is 0 Å². The van der Waals surface area contributed by atoms with Gasteiger partial charge in [-0.3, -0.25) is 4.79 Å². The Morgan fingerprint density at radius 3 is 2.62 bits per heavy atom. The zero-order chi connectivity index (χ0) is 10.0. The van der Waals surface area contributed by atoms with Gasteiger partial charge in [-0.15, -0.1) is 0 Å². The van der Waals surface area contributed by atoms with E-state index in [1.165, 1.54) is 6.07 Å². The summed E-state index contributed by atoms with van der Waals surface area (Å²) in [5.41, 5.74) is 0.494. The predicted molar refractivity (Wildman–Crippen MR) is 52.0 cm³/mol. The van der Waals surface area contributed by atoms with Crippen molar-refractivity contribution in [2.45, 2.75) is 13.3 Å². The molecule has 1 aromatic rings. The number of halogens is 3. The van der Waals surface area contributed by atoms with Gasteiger partial charge in [0.05, 0.1) is 5.56 Å². The van der Waals surface area contributed by atoms with Crippen LogP contribution in [0.25, 0.3) is 0 Å². The quantitative estimate of drug-likeness (QED) is 0.477. The van der Waals surface area contributed by atoms with Crippen molar-refractivity contribution in [1.29, 1.82) is 0 Å². The Morgan fingerprint density at radius 2 is 2.23 bits per heavy atom. The summed E-state index contributed by atoms with van der Waals surface area (Å²) in [7, 11) is 0. The zero-order valence-electron chi connectivity index (χ0n) is 6.72. The van der Waals surface area contributed by atoms with Crippen LogP contribution in [-0.2, 0) is 0 Å². The number of alkyl halides is 2. The summed E-state index contributed by atoms with van der Waals surface area (Å²) in [4.78, 5) is 14.1. The van der Waals surface area contributed by atoms with Gasteiger partial charge in [-0.05, 0) is 41.1 Å². The molecule has 1 aromatic heterocycles. The number of nitrogens with zero attached hydrogens (tertiary/aromatic N) is 1. The van der Waals surface area contributed by atoms with Gasteiger partial charge in [-0.2, -0.15) is 0 Å². The summed E-state index contributed by atoms with van der Waals surface area (Å²) in [6.07, 6.45) is -2.00. The molecule has 0 unspecified atom stereocenters. The fourth-order valence-corrected chi connectivity index (χ4v) is 1.93. The first-order valence-corrected chi connectivity index (χ1v) is 4.54. The first-order valence-electron chi connectivity index (χ1n) is 3.46. The summed E-state index contributed by atoms with van der Waals surface area (Å²) in [6, 6.07) is 1.36. The van der Waals surface area contributed by atoms with Gasteiger partial charge in [-0.1, -0.05) is 0 Å². The second-order valence-electron chi connectivity index (χ2n) is 2.49. The molecular weight excluding hydrogens is 291 g/mol. The van der Waals surface area contributed by atoms with Crippen molar-refractivity contribution in [1.82, 2.24) is 4.98 Å². The maximum absolute atomic E-state index is 12.4. The van der Waals surface area contributed by atoms with Crippen LogP contribution >= 0.6 is 22.6 Å². The van der Waals surface area contributed by atoms with Gasteiger partial charge in [-0.25, -0.2) is 13.8 Å².